The van der Waals surface area contributed by atoms with Crippen molar-refractivity contribution in [1.82, 2.24) is 0 Å². The largest absolute Gasteiger partial charge is 0.466 e. The predicted octanol–water partition coefficient (Wildman–Crippen LogP) is 3.67. The van der Waals surface area contributed by atoms with Crippen LogP contribution in [0.2, 0.25) is 0 Å². The molecule has 1 atom stereocenters. The molecule has 0 fully saturated rings. The molecule has 0 saturated heterocycles. The Labute approximate surface area is 106 Å². The maximum atomic E-state index is 6.26. The zero-order chi connectivity index (χ0) is 12.4. The van der Waals surface area contributed by atoms with Gasteiger partial charge in [0.1, 0.15) is 11.5 Å². The third kappa shape index (κ3) is 2.56. The van der Waals surface area contributed by atoms with E-state index >= 15 is 0 Å². The van der Waals surface area contributed by atoms with E-state index in [1.807, 2.05) is 19.9 Å². The molecule has 2 nitrogen and oxygen atoms in total. The van der Waals surface area contributed by atoms with E-state index in [0.717, 1.165) is 22.6 Å². The average Bonchev–Trinajstić information content (AvgIpc) is 2.68. The van der Waals surface area contributed by atoms with Crippen LogP contribution >= 0.6 is 11.8 Å². The van der Waals surface area contributed by atoms with E-state index in [0.29, 0.717) is 0 Å². The Morgan fingerprint density at radius 3 is 2.29 bits per heavy atom. The van der Waals surface area contributed by atoms with Gasteiger partial charge in [-0.2, -0.15) is 0 Å². The Morgan fingerprint density at radius 2 is 1.82 bits per heavy atom. The second-order valence-electron chi connectivity index (χ2n) is 4.12. The lowest BCUT2D eigenvalue weighted by Gasteiger charge is -2.11. The molecule has 1 heterocycles. The third-order valence-electron chi connectivity index (χ3n) is 2.89. The third-order valence-corrected chi connectivity index (χ3v) is 3.63. The fourth-order valence-electron chi connectivity index (χ4n) is 1.95. The van der Waals surface area contributed by atoms with Gasteiger partial charge in [-0.25, -0.2) is 0 Å². The Morgan fingerprint density at radius 1 is 1.18 bits per heavy atom. The monoisotopic (exact) mass is 247 g/mol. The highest BCUT2D eigenvalue weighted by Crippen LogP contribution is 2.26. The second-order valence-corrected chi connectivity index (χ2v) is 5.00. The summed E-state index contributed by atoms with van der Waals surface area (Å²) in [7, 11) is 0. The van der Waals surface area contributed by atoms with Gasteiger partial charge >= 0.3 is 0 Å². The summed E-state index contributed by atoms with van der Waals surface area (Å²) in [5, 5.41) is 0. The van der Waals surface area contributed by atoms with E-state index in [1.165, 1.54) is 4.90 Å². The van der Waals surface area contributed by atoms with E-state index in [2.05, 4.69) is 30.5 Å². The summed E-state index contributed by atoms with van der Waals surface area (Å²) in [6.07, 6.45) is 2.07. The zero-order valence-electron chi connectivity index (χ0n) is 10.4. The Kier molecular flexibility index (Phi) is 3.60. The molecule has 0 bridgehead atoms. The molecule has 0 aliphatic heterocycles. The average molecular weight is 247 g/mol. The summed E-state index contributed by atoms with van der Waals surface area (Å²) in [5.41, 5.74) is 8.44. The maximum absolute atomic E-state index is 6.26. The topological polar surface area (TPSA) is 39.2 Å². The van der Waals surface area contributed by atoms with Crippen LogP contribution in [0, 0.1) is 13.8 Å². The van der Waals surface area contributed by atoms with Gasteiger partial charge in [0.25, 0.3) is 0 Å². The standard InChI is InChI=1S/C14H17NOS/c1-9-8-13(10(2)16-9)14(15)11-4-6-12(17-3)7-5-11/h4-8,14H,15H2,1-3H3. The lowest BCUT2D eigenvalue weighted by atomic mass is 10.0. The number of aryl methyl sites for hydroxylation is 2. The van der Waals surface area contributed by atoms with Crippen LogP contribution in [0.4, 0.5) is 0 Å². The van der Waals surface area contributed by atoms with Crippen molar-refractivity contribution in [3.05, 3.63) is 53.0 Å². The van der Waals surface area contributed by atoms with Gasteiger partial charge in [0.15, 0.2) is 0 Å². The van der Waals surface area contributed by atoms with Gasteiger partial charge in [0, 0.05) is 10.5 Å². The Hall–Kier alpha value is -1.19. The van der Waals surface area contributed by atoms with Crippen LogP contribution in [0.15, 0.2) is 39.6 Å². The number of hydrogen-bond acceptors (Lipinski definition) is 3. The molecule has 0 saturated carbocycles. The van der Waals surface area contributed by atoms with Crippen LogP contribution in [-0.4, -0.2) is 6.26 Å². The molecule has 0 radical (unpaired) electrons. The van der Waals surface area contributed by atoms with Gasteiger partial charge in [0.05, 0.1) is 6.04 Å². The molecule has 90 valence electrons. The van der Waals surface area contributed by atoms with Crippen LogP contribution in [-0.2, 0) is 0 Å². The van der Waals surface area contributed by atoms with Gasteiger partial charge in [-0.05, 0) is 43.9 Å². The van der Waals surface area contributed by atoms with Crippen molar-refractivity contribution < 1.29 is 4.42 Å². The quantitative estimate of drug-likeness (QED) is 0.841. The van der Waals surface area contributed by atoms with Crippen LogP contribution < -0.4 is 5.73 Å². The fourth-order valence-corrected chi connectivity index (χ4v) is 2.36. The second kappa shape index (κ2) is 4.98. The first-order chi connectivity index (χ1) is 8.11. The molecule has 0 aliphatic rings. The number of nitrogens with two attached hydrogens (primary N) is 1. The number of rotatable bonds is 3. The molecule has 0 spiro atoms. The Balaban J connectivity index is 2.30. The van der Waals surface area contributed by atoms with Crippen LogP contribution in [0.25, 0.3) is 0 Å². The van der Waals surface area contributed by atoms with Gasteiger partial charge in [-0.1, -0.05) is 12.1 Å². The van der Waals surface area contributed by atoms with Crippen molar-refractivity contribution in [1.29, 1.82) is 0 Å². The van der Waals surface area contributed by atoms with Gasteiger partial charge in [-0.15, -0.1) is 11.8 Å². The van der Waals surface area contributed by atoms with Gasteiger partial charge in [0.2, 0.25) is 0 Å². The van der Waals surface area contributed by atoms with E-state index in [9.17, 15) is 0 Å². The summed E-state index contributed by atoms with van der Waals surface area (Å²) in [6, 6.07) is 10.3. The van der Waals surface area contributed by atoms with E-state index < -0.39 is 0 Å². The zero-order valence-corrected chi connectivity index (χ0v) is 11.2. The first-order valence-corrected chi connectivity index (χ1v) is 6.80. The molecule has 0 aliphatic carbocycles. The van der Waals surface area contributed by atoms with E-state index in [-0.39, 0.29) is 6.04 Å². The summed E-state index contributed by atoms with van der Waals surface area (Å²) in [4.78, 5) is 1.25. The smallest absolute Gasteiger partial charge is 0.106 e. The van der Waals surface area contributed by atoms with Gasteiger partial charge in [-0.3, -0.25) is 0 Å². The number of hydrogen-bond donors (Lipinski definition) is 1. The summed E-state index contributed by atoms with van der Waals surface area (Å²) in [5.74, 6) is 1.82. The van der Waals surface area contributed by atoms with Gasteiger partial charge < -0.3 is 10.2 Å². The molecule has 2 aromatic rings. The molecule has 3 heteroatoms. The van der Waals surface area contributed by atoms with Crippen molar-refractivity contribution in [3.8, 4) is 0 Å². The van der Waals surface area contributed by atoms with E-state index in [1.54, 1.807) is 11.8 Å². The van der Waals surface area contributed by atoms with Crippen molar-refractivity contribution >= 4 is 11.8 Å². The molecule has 1 aromatic heterocycles. The molecule has 1 unspecified atom stereocenters. The molecule has 0 amide bonds. The number of benzene rings is 1. The normalized spacial score (nSPS) is 12.7. The SMILES string of the molecule is CSc1ccc(C(N)c2cc(C)oc2C)cc1. The molecular weight excluding hydrogens is 230 g/mol. The van der Waals surface area contributed by atoms with Crippen LogP contribution in [0.3, 0.4) is 0 Å². The summed E-state index contributed by atoms with van der Waals surface area (Å²) in [6.45, 7) is 3.90. The minimum Gasteiger partial charge on any atom is -0.466 e. The molecule has 1 aromatic carbocycles. The summed E-state index contributed by atoms with van der Waals surface area (Å²) < 4.78 is 5.52. The van der Waals surface area contributed by atoms with Crippen molar-refractivity contribution in [2.75, 3.05) is 6.26 Å². The minimum atomic E-state index is -0.108. The minimum absolute atomic E-state index is 0.108. The number of thioether (sulfide) groups is 1. The first kappa shape index (κ1) is 12.3. The Bertz CT molecular complexity index is 501. The fraction of sp³-hybridized carbons (Fsp3) is 0.286. The predicted molar refractivity (Wildman–Crippen MR) is 72.4 cm³/mol. The van der Waals surface area contributed by atoms with Crippen LogP contribution in [0.5, 0.6) is 0 Å². The molecule has 2 rings (SSSR count). The number of furan rings is 1. The highest BCUT2D eigenvalue weighted by Gasteiger charge is 2.14. The van der Waals surface area contributed by atoms with E-state index in [4.69, 9.17) is 10.2 Å². The lowest BCUT2D eigenvalue weighted by molar-refractivity contribution is 0.499. The maximum Gasteiger partial charge on any atom is 0.106 e. The van der Waals surface area contributed by atoms with Crippen molar-refractivity contribution in [2.24, 2.45) is 5.73 Å². The first-order valence-electron chi connectivity index (χ1n) is 5.58. The summed E-state index contributed by atoms with van der Waals surface area (Å²) >= 11 is 1.73. The molecular formula is C14H17NOS. The highest BCUT2D eigenvalue weighted by atomic mass is 32.2. The lowest BCUT2D eigenvalue weighted by Crippen LogP contribution is -2.11. The van der Waals surface area contributed by atoms with Crippen molar-refractivity contribution in [2.45, 2.75) is 24.8 Å². The molecule has 17 heavy (non-hydrogen) atoms. The highest BCUT2D eigenvalue weighted by molar-refractivity contribution is 7.98. The molecule has 2 N–H and O–H groups in total. The van der Waals surface area contributed by atoms with Crippen LogP contribution in [0.1, 0.15) is 28.7 Å². The van der Waals surface area contributed by atoms with Crippen molar-refractivity contribution in [3.63, 3.8) is 0 Å².